The SMILES string of the molecule is FC(F)(F)C1(Nc2ncccn2)CC1. The lowest BCUT2D eigenvalue weighted by Crippen LogP contribution is -2.39. The van der Waals surface area contributed by atoms with Crippen LogP contribution >= 0.6 is 0 Å². The van der Waals surface area contributed by atoms with Gasteiger partial charge in [0.15, 0.2) is 0 Å². The lowest BCUT2D eigenvalue weighted by molar-refractivity contribution is -0.151. The van der Waals surface area contributed by atoms with Crippen LogP contribution in [0.3, 0.4) is 0 Å². The molecule has 3 nitrogen and oxygen atoms in total. The van der Waals surface area contributed by atoms with Crippen molar-refractivity contribution in [2.24, 2.45) is 0 Å². The molecule has 1 N–H and O–H groups in total. The summed E-state index contributed by atoms with van der Waals surface area (Å²) in [4.78, 5) is 7.39. The van der Waals surface area contributed by atoms with Crippen molar-refractivity contribution in [1.82, 2.24) is 9.97 Å². The quantitative estimate of drug-likeness (QED) is 0.798. The van der Waals surface area contributed by atoms with E-state index >= 15 is 0 Å². The maximum absolute atomic E-state index is 12.5. The van der Waals surface area contributed by atoms with Crippen LogP contribution in [0.5, 0.6) is 0 Å². The molecule has 6 heteroatoms. The van der Waals surface area contributed by atoms with E-state index in [2.05, 4.69) is 15.3 Å². The molecule has 14 heavy (non-hydrogen) atoms. The Morgan fingerprint density at radius 2 is 1.79 bits per heavy atom. The zero-order chi connectivity index (χ0) is 10.2. The van der Waals surface area contributed by atoms with Crippen molar-refractivity contribution in [3.8, 4) is 0 Å². The topological polar surface area (TPSA) is 37.8 Å². The first kappa shape index (κ1) is 9.23. The van der Waals surface area contributed by atoms with E-state index in [0.717, 1.165) is 0 Å². The number of hydrogen-bond donors (Lipinski definition) is 1. The number of anilines is 1. The molecule has 0 spiro atoms. The van der Waals surface area contributed by atoms with Crippen molar-refractivity contribution < 1.29 is 13.2 Å². The van der Waals surface area contributed by atoms with Crippen LogP contribution in [-0.2, 0) is 0 Å². The van der Waals surface area contributed by atoms with Gasteiger partial charge in [-0.2, -0.15) is 13.2 Å². The Hall–Kier alpha value is -1.33. The fourth-order valence-electron chi connectivity index (χ4n) is 1.18. The van der Waals surface area contributed by atoms with E-state index in [1.807, 2.05) is 0 Å². The number of alkyl halides is 3. The summed E-state index contributed by atoms with van der Waals surface area (Å²) < 4.78 is 37.4. The Balaban J connectivity index is 2.13. The van der Waals surface area contributed by atoms with Crippen LogP contribution in [-0.4, -0.2) is 21.7 Å². The van der Waals surface area contributed by atoms with Crippen molar-refractivity contribution in [2.45, 2.75) is 24.6 Å². The third-order valence-electron chi connectivity index (χ3n) is 2.21. The van der Waals surface area contributed by atoms with Gasteiger partial charge in [-0.25, -0.2) is 9.97 Å². The predicted octanol–water partition coefficient (Wildman–Crippen LogP) is 1.98. The van der Waals surface area contributed by atoms with E-state index in [-0.39, 0.29) is 18.8 Å². The minimum Gasteiger partial charge on any atom is -0.340 e. The molecule has 1 saturated carbocycles. The second-order valence-electron chi connectivity index (χ2n) is 3.28. The van der Waals surface area contributed by atoms with Crippen LogP contribution in [0.1, 0.15) is 12.8 Å². The second-order valence-corrected chi connectivity index (χ2v) is 3.28. The highest BCUT2D eigenvalue weighted by Gasteiger charge is 2.63. The van der Waals surface area contributed by atoms with Gasteiger partial charge in [-0.15, -0.1) is 0 Å². The fourth-order valence-corrected chi connectivity index (χ4v) is 1.18. The van der Waals surface area contributed by atoms with E-state index < -0.39 is 11.7 Å². The van der Waals surface area contributed by atoms with E-state index in [4.69, 9.17) is 0 Å². The third kappa shape index (κ3) is 1.51. The molecule has 76 valence electrons. The van der Waals surface area contributed by atoms with Gasteiger partial charge in [0.05, 0.1) is 0 Å². The molecule has 0 radical (unpaired) electrons. The molecule has 0 saturated heterocycles. The molecule has 0 aliphatic heterocycles. The lowest BCUT2D eigenvalue weighted by Gasteiger charge is -2.20. The number of hydrogen-bond acceptors (Lipinski definition) is 3. The molecular weight excluding hydrogens is 195 g/mol. The van der Waals surface area contributed by atoms with Gasteiger partial charge in [0.1, 0.15) is 5.54 Å². The van der Waals surface area contributed by atoms with Crippen molar-refractivity contribution in [1.29, 1.82) is 0 Å². The van der Waals surface area contributed by atoms with Crippen molar-refractivity contribution >= 4 is 5.95 Å². The summed E-state index contributed by atoms with van der Waals surface area (Å²) >= 11 is 0. The van der Waals surface area contributed by atoms with Gasteiger partial charge in [0, 0.05) is 12.4 Å². The molecule has 1 aromatic heterocycles. The van der Waals surface area contributed by atoms with Crippen LogP contribution in [0.2, 0.25) is 0 Å². The number of halogens is 3. The van der Waals surface area contributed by atoms with E-state index in [1.165, 1.54) is 12.4 Å². The predicted molar refractivity (Wildman–Crippen MR) is 43.7 cm³/mol. The highest BCUT2D eigenvalue weighted by molar-refractivity contribution is 5.34. The van der Waals surface area contributed by atoms with Crippen molar-refractivity contribution in [3.05, 3.63) is 18.5 Å². The van der Waals surface area contributed by atoms with Crippen LogP contribution in [0.15, 0.2) is 18.5 Å². The first-order valence-electron chi connectivity index (χ1n) is 4.15. The minimum absolute atomic E-state index is 0.0299. The van der Waals surface area contributed by atoms with Gasteiger partial charge in [-0.3, -0.25) is 0 Å². The van der Waals surface area contributed by atoms with Gasteiger partial charge in [0.25, 0.3) is 0 Å². The molecule has 0 amide bonds. The van der Waals surface area contributed by atoms with Crippen molar-refractivity contribution in [2.75, 3.05) is 5.32 Å². The minimum atomic E-state index is -4.23. The summed E-state index contributed by atoms with van der Waals surface area (Å²) in [6, 6.07) is 1.55. The van der Waals surface area contributed by atoms with E-state index in [0.29, 0.717) is 0 Å². The monoisotopic (exact) mass is 203 g/mol. The summed E-state index contributed by atoms with van der Waals surface area (Å²) in [6.07, 6.45) is -1.24. The summed E-state index contributed by atoms with van der Waals surface area (Å²) in [5.41, 5.74) is -1.78. The van der Waals surface area contributed by atoms with E-state index in [1.54, 1.807) is 6.07 Å². The van der Waals surface area contributed by atoms with Crippen LogP contribution in [0.25, 0.3) is 0 Å². The van der Waals surface area contributed by atoms with Gasteiger partial charge in [-0.1, -0.05) is 0 Å². The third-order valence-corrected chi connectivity index (χ3v) is 2.21. The van der Waals surface area contributed by atoms with E-state index in [9.17, 15) is 13.2 Å². The van der Waals surface area contributed by atoms with Crippen LogP contribution in [0, 0.1) is 0 Å². The molecule has 0 atom stereocenters. The normalized spacial score (nSPS) is 19.1. The molecule has 1 aliphatic carbocycles. The molecule has 1 heterocycles. The number of nitrogens with one attached hydrogen (secondary N) is 1. The van der Waals surface area contributed by atoms with Gasteiger partial charge in [0.2, 0.25) is 5.95 Å². The maximum Gasteiger partial charge on any atom is 0.411 e. The Labute approximate surface area is 78.4 Å². The van der Waals surface area contributed by atoms with Crippen LogP contribution < -0.4 is 5.32 Å². The Bertz CT molecular complexity index is 318. The average molecular weight is 203 g/mol. The van der Waals surface area contributed by atoms with Crippen molar-refractivity contribution in [3.63, 3.8) is 0 Å². The largest absolute Gasteiger partial charge is 0.411 e. The summed E-state index contributed by atoms with van der Waals surface area (Å²) in [7, 11) is 0. The number of rotatable bonds is 2. The highest BCUT2D eigenvalue weighted by atomic mass is 19.4. The molecule has 0 unspecified atom stereocenters. The highest BCUT2D eigenvalue weighted by Crippen LogP contribution is 2.50. The summed E-state index contributed by atoms with van der Waals surface area (Å²) in [5.74, 6) is 0.0299. The lowest BCUT2D eigenvalue weighted by atomic mass is 10.3. The van der Waals surface area contributed by atoms with Crippen LogP contribution in [0.4, 0.5) is 19.1 Å². The molecule has 1 fully saturated rings. The number of nitrogens with zero attached hydrogens (tertiary/aromatic N) is 2. The summed E-state index contributed by atoms with van der Waals surface area (Å²) in [5, 5.41) is 2.32. The smallest absolute Gasteiger partial charge is 0.340 e. The molecule has 2 rings (SSSR count). The first-order valence-corrected chi connectivity index (χ1v) is 4.15. The number of aromatic nitrogens is 2. The zero-order valence-electron chi connectivity index (χ0n) is 7.17. The van der Waals surface area contributed by atoms with Gasteiger partial charge >= 0.3 is 6.18 Å². The second kappa shape index (κ2) is 2.83. The van der Waals surface area contributed by atoms with Gasteiger partial charge < -0.3 is 5.32 Å². The summed E-state index contributed by atoms with van der Waals surface area (Å²) in [6.45, 7) is 0. The molecule has 0 bridgehead atoms. The first-order chi connectivity index (χ1) is 6.54. The van der Waals surface area contributed by atoms with Gasteiger partial charge in [-0.05, 0) is 18.9 Å². The molecule has 1 aromatic rings. The molecule has 0 aromatic carbocycles. The Morgan fingerprint density at radius 1 is 1.21 bits per heavy atom. The zero-order valence-corrected chi connectivity index (χ0v) is 7.17. The molecule has 1 aliphatic rings. The Morgan fingerprint density at radius 3 is 2.21 bits per heavy atom. The fraction of sp³-hybridized carbons (Fsp3) is 0.500. The Kier molecular flexibility index (Phi) is 1.87. The standard InChI is InChI=1S/C8H8F3N3/c9-8(10,11)7(2-3-7)14-6-12-4-1-5-13-6/h1,4-5H,2-3H2,(H,12,13,14). The molecular formula is C8H8F3N3. The maximum atomic E-state index is 12.5. The average Bonchev–Trinajstić information content (AvgIpc) is 2.86.